The van der Waals surface area contributed by atoms with Crippen molar-refractivity contribution in [3.63, 3.8) is 0 Å². The van der Waals surface area contributed by atoms with Crippen LogP contribution in [-0.4, -0.2) is 14.2 Å². The number of benzene rings is 2. The Morgan fingerprint density at radius 2 is 1.70 bits per heavy atom. The Hall–Kier alpha value is -1.87. The molecule has 0 spiro atoms. The summed E-state index contributed by atoms with van der Waals surface area (Å²) in [6, 6.07) is 13.4. The van der Waals surface area contributed by atoms with E-state index in [0.29, 0.717) is 12.5 Å². The fourth-order valence-electron chi connectivity index (χ4n) is 1.91. The van der Waals surface area contributed by atoms with Crippen LogP contribution in [0.25, 0.3) is 0 Å². The van der Waals surface area contributed by atoms with E-state index < -0.39 is 0 Å². The zero-order chi connectivity index (χ0) is 14.4. The highest BCUT2D eigenvalue weighted by molar-refractivity contribution is 6.17. The van der Waals surface area contributed by atoms with E-state index in [1.165, 1.54) is 0 Å². The van der Waals surface area contributed by atoms with Crippen molar-refractivity contribution in [1.29, 1.82) is 0 Å². The first kappa shape index (κ1) is 14.5. The zero-order valence-electron chi connectivity index (χ0n) is 11.6. The van der Waals surface area contributed by atoms with Gasteiger partial charge >= 0.3 is 0 Å². The number of para-hydroxylation sites is 1. The summed E-state index contributed by atoms with van der Waals surface area (Å²) in [6.07, 6.45) is 0. The van der Waals surface area contributed by atoms with Crippen molar-refractivity contribution in [2.24, 2.45) is 0 Å². The number of methoxy groups -OCH3 is 2. The van der Waals surface area contributed by atoms with E-state index in [1.807, 2.05) is 42.5 Å². The summed E-state index contributed by atoms with van der Waals surface area (Å²) in [5, 5.41) is 0. The van der Waals surface area contributed by atoms with Gasteiger partial charge in [-0.05, 0) is 24.3 Å². The SMILES string of the molecule is COc1ccc(OCc2ccccc2OC)c(CCl)c1. The molecule has 0 atom stereocenters. The summed E-state index contributed by atoms with van der Waals surface area (Å²) in [5.41, 5.74) is 1.90. The molecule has 0 aromatic heterocycles. The normalized spacial score (nSPS) is 10.2. The van der Waals surface area contributed by atoms with Crippen molar-refractivity contribution in [2.75, 3.05) is 14.2 Å². The number of halogens is 1. The van der Waals surface area contributed by atoms with Gasteiger partial charge in [-0.15, -0.1) is 11.6 Å². The Balaban J connectivity index is 2.14. The van der Waals surface area contributed by atoms with Gasteiger partial charge in [0.15, 0.2) is 0 Å². The Labute approximate surface area is 124 Å². The summed E-state index contributed by atoms with van der Waals surface area (Å²) in [5.74, 6) is 2.71. The number of hydrogen-bond acceptors (Lipinski definition) is 3. The summed E-state index contributed by atoms with van der Waals surface area (Å²) >= 11 is 5.94. The minimum Gasteiger partial charge on any atom is -0.497 e. The molecule has 0 aliphatic heterocycles. The minimum atomic E-state index is 0.373. The van der Waals surface area contributed by atoms with Crippen molar-refractivity contribution in [1.82, 2.24) is 0 Å². The van der Waals surface area contributed by atoms with E-state index in [9.17, 15) is 0 Å². The molecular weight excluding hydrogens is 276 g/mol. The molecular formula is C16H17ClO3. The maximum Gasteiger partial charge on any atom is 0.125 e. The molecule has 0 saturated heterocycles. The highest BCUT2D eigenvalue weighted by Crippen LogP contribution is 2.27. The van der Waals surface area contributed by atoms with Crippen molar-refractivity contribution in [3.8, 4) is 17.2 Å². The van der Waals surface area contributed by atoms with Gasteiger partial charge < -0.3 is 14.2 Å². The van der Waals surface area contributed by atoms with Crippen molar-refractivity contribution in [3.05, 3.63) is 53.6 Å². The lowest BCUT2D eigenvalue weighted by Gasteiger charge is -2.13. The molecule has 106 valence electrons. The molecule has 0 heterocycles. The largest absolute Gasteiger partial charge is 0.497 e. The number of rotatable bonds is 6. The van der Waals surface area contributed by atoms with Crippen LogP contribution in [0.5, 0.6) is 17.2 Å². The molecule has 0 saturated carbocycles. The fourth-order valence-corrected chi connectivity index (χ4v) is 2.11. The summed E-state index contributed by atoms with van der Waals surface area (Å²) in [6.45, 7) is 0.431. The molecule has 0 N–H and O–H groups in total. The van der Waals surface area contributed by atoms with Gasteiger partial charge in [0, 0.05) is 11.1 Å². The van der Waals surface area contributed by atoms with Crippen LogP contribution < -0.4 is 14.2 Å². The summed E-state index contributed by atoms with van der Waals surface area (Å²) in [4.78, 5) is 0. The second-order valence-corrected chi connectivity index (χ2v) is 4.48. The number of alkyl halides is 1. The van der Waals surface area contributed by atoms with E-state index in [2.05, 4.69) is 0 Å². The monoisotopic (exact) mass is 292 g/mol. The van der Waals surface area contributed by atoms with Crippen LogP contribution >= 0.6 is 11.6 Å². The van der Waals surface area contributed by atoms with Crippen LogP contribution in [0, 0.1) is 0 Å². The molecule has 0 amide bonds. The lowest BCUT2D eigenvalue weighted by molar-refractivity contribution is 0.294. The van der Waals surface area contributed by atoms with Crippen LogP contribution in [0.4, 0.5) is 0 Å². The van der Waals surface area contributed by atoms with E-state index >= 15 is 0 Å². The summed E-state index contributed by atoms with van der Waals surface area (Å²) in [7, 11) is 3.28. The van der Waals surface area contributed by atoms with E-state index in [4.69, 9.17) is 25.8 Å². The van der Waals surface area contributed by atoms with E-state index in [1.54, 1.807) is 14.2 Å². The molecule has 2 rings (SSSR count). The van der Waals surface area contributed by atoms with E-state index in [0.717, 1.165) is 28.4 Å². The Morgan fingerprint density at radius 3 is 2.40 bits per heavy atom. The van der Waals surface area contributed by atoms with Gasteiger partial charge in [-0.1, -0.05) is 18.2 Å². The van der Waals surface area contributed by atoms with Gasteiger partial charge in [-0.2, -0.15) is 0 Å². The Bertz CT molecular complexity index is 569. The van der Waals surface area contributed by atoms with Crippen LogP contribution in [-0.2, 0) is 12.5 Å². The lowest BCUT2D eigenvalue weighted by Crippen LogP contribution is -2.00. The molecule has 2 aromatic rings. The molecule has 0 radical (unpaired) electrons. The Kier molecular flexibility index (Phi) is 5.13. The first-order valence-corrected chi connectivity index (χ1v) is 6.79. The second-order valence-electron chi connectivity index (χ2n) is 4.21. The topological polar surface area (TPSA) is 27.7 Å². The molecule has 20 heavy (non-hydrogen) atoms. The first-order valence-electron chi connectivity index (χ1n) is 6.26. The highest BCUT2D eigenvalue weighted by Gasteiger charge is 2.07. The number of hydrogen-bond donors (Lipinski definition) is 0. The zero-order valence-corrected chi connectivity index (χ0v) is 12.3. The molecule has 0 aliphatic carbocycles. The minimum absolute atomic E-state index is 0.373. The smallest absolute Gasteiger partial charge is 0.125 e. The van der Waals surface area contributed by atoms with Crippen molar-refractivity contribution in [2.45, 2.75) is 12.5 Å². The lowest BCUT2D eigenvalue weighted by atomic mass is 10.2. The predicted molar refractivity (Wildman–Crippen MR) is 79.9 cm³/mol. The predicted octanol–water partition coefficient (Wildman–Crippen LogP) is 4.02. The van der Waals surface area contributed by atoms with Gasteiger partial charge in [0.1, 0.15) is 23.9 Å². The Morgan fingerprint density at radius 1 is 0.900 bits per heavy atom. The van der Waals surface area contributed by atoms with Crippen LogP contribution in [0.15, 0.2) is 42.5 Å². The molecule has 2 aromatic carbocycles. The van der Waals surface area contributed by atoms with Gasteiger partial charge in [0.05, 0.1) is 20.1 Å². The summed E-state index contributed by atoms with van der Waals surface area (Å²) < 4.78 is 16.3. The third-order valence-corrected chi connectivity index (χ3v) is 3.28. The van der Waals surface area contributed by atoms with E-state index in [-0.39, 0.29) is 0 Å². The van der Waals surface area contributed by atoms with Crippen LogP contribution in [0.2, 0.25) is 0 Å². The quantitative estimate of drug-likeness (QED) is 0.753. The van der Waals surface area contributed by atoms with Gasteiger partial charge in [0.25, 0.3) is 0 Å². The van der Waals surface area contributed by atoms with Gasteiger partial charge in [-0.3, -0.25) is 0 Å². The maximum atomic E-state index is 5.94. The third-order valence-electron chi connectivity index (χ3n) is 2.99. The average Bonchev–Trinajstić information content (AvgIpc) is 2.52. The molecule has 0 unspecified atom stereocenters. The molecule has 0 aliphatic rings. The van der Waals surface area contributed by atoms with Crippen molar-refractivity contribution < 1.29 is 14.2 Å². The highest BCUT2D eigenvalue weighted by atomic mass is 35.5. The third kappa shape index (κ3) is 3.36. The van der Waals surface area contributed by atoms with Crippen LogP contribution in [0.3, 0.4) is 0 Å². The van der Waals surface area contributed by atoms with Crippen molar-refractivity contribution >= 4 is 11.6 Å². The first-order chi connectivity index (χ1) is 9.78. The molecule has 0 fully saturated rings. The maximum absolute atomic E-state index is 5.94. The second kappa shape index (κ2) is 7.06. The molecule has 0 bridgehead atoms. The molecule has 4 heteroatoms. The average molecular weight is 293 g/mol. The fraction of sp³-hybridized carbons (Fsp3) is 0.250. The van der Waals surface area contributed by atoms with Gasteiger partial charge in [-0.25, -0.2) is 0 Å². The van der Waals surface area contributed by atoms with Crippen LogP contribution in [0.1, 0.15) is 11.1 Å². The molecule has 3 nitrogen and oxygen atoms in total. The standard InChI is InChI=1S/C16H17ClO3/c1-18-14-7-8-16(13(9-14)10-17)20-11-12-5-3-4-6-15(12)19-2/h3-9H,10-11H2,1-2H3. The number of ether oxygens (including phenoxy) is 3. The van der Waals surface area contributed by atoms with Gasteiger partial charge in [0.2, 0.25) is 0 Å².